The lowest BCUT2D eigenvalue weighted by atomic mass is 10.1. The quantitative estimate of drug-likeness (QED) is 0.567. The van der Waals surface area contributed by atoms with Crippen molar-refractivity contribution in [2.75, 3.05) is 6.61 Å². The molecule has 0 spiro atoms. The molecule has 0 aliphatic heterocycles. The fourth-order valence-corrected chi connectivity index (χ4v) is 1.53. The van der Waals surface area contributed by atoms with E-state index >= 15 is 0 Å². The molecular weight excluding hydrogens is 144 g/mol. The van der Waals surface area contributed by atoms with Crippen LogP contribution in [0.3, 0.4) is 0 Å². The van der Waals surface area contributed by atoms with Gasteiger partial charge in [-0.05, 0) is 32.6 Å². The Balaban J connectivity index is 2.39. The summed E-state index contributed by atoms with van der Waals surface area (Å²) in [6.07, 6.45) is 4.00. The number of hydrogen-bond acceptors (Lipinski definition) is 2. The summed E-state index contributed by atoms with van der Waals surface area (Å²) in [5.41, 5.74) is -0.332. The first-order valence-corrected chi connectivity index (χ1v) is 3.96. The fraction of sp³-hybridized carbons (Fsp3) is 0.875. The average molecular weight is 157 g/mol. The van der Waals surface area contributed by atoms with Gasteiger partial charge in [0, 0.05) is 0 Å². The van der Waals surface area contributed by atoms with Crippen molar-refractivity contribution in [1.29, 1.82) is 0 Å². The van der Waals surface area contributed by atoms with Crippen molar-refractivity contribution in [2.24, 2.45) is 0 Å². The largest absolute Gasteiger partial charge is 0.458 e. The van der Waals surface area contributed by atoms with E-state index in [2.05, 4.69) is 0 Å². The van der Waals surface area contributed by atoms with E-state index in [4.69, 9.17) is 4.74 Å². The zero-order chi connectivity index (χ0) is 8.32. The Morgan fingerprint density at radius 1 is 1.45 bits per heavy atom. The molecule has 1 aliphatic carbocycles. The van der Waals surface area contributed by atoms with Gasteiger partial charge in [0.05, 0.1) is 0 Å². The highest BCUT2D eigenvalue weighted by atomic mass is 16.6. The summed E-state index contributed by atoms with van der Waals surface area (Å²) in [6.45, 7) is 1.14. The van der Waals surface area contributed by atoms with Crippen LogP contribution in [0.5, 0.6) is 0 Å². The maximum atomic E-state index is 10.6. The third-order valence-corrected chi connectivity index (χ3v) is 2.14. The Labute approximate surface area is 66.4 Å². The van der Waals surface area contributed by atoms with Crippen molar-refractivity contribution >= 4 is 5.97 Å². The number of carbonyl (C=O) groups is 1. The molecule has 0 bridgehead atoms. The zero-order valence-electron chi connectivity index (χ0n) is 6.76. The lowest BCUT2D eigenvalue weighted by Crippen LogP contribution is -2.29. The van der Waals surface area contributed by atoms with Crippen molar-refractivity contribution in [1.82, 2.24) is 0 Å². The lowest BCUT2D eigenvalue weighted by molar-refractivity contribution is -0.162. The van der Waals surface area contributed by atoms with Crippen molar-refractivity contribution in [2.45, 2.75) is 38.2 Å². The molecule has 1 saturated carbocycles. The predicted molar refractivity (Wildman–Crippen MR) is 38.5 cm³/mol. The summed E-state index contributed by atoms with van der Waals surface area (Å²) < 4.78 is 5.00. The van der Waals surface area contributed by atoms with Gasteiger partial charge in [-0.3, -0.25) is 0 Å². The first kappa shape index (κ1) is 8.53. The molecule has 11 heavy (non-hydrogen) atoms. The number of esters is 1. The molecule has 0 N–H and O–H groups in total. The molecule has 3 nitrogen and oxygen atoms in total. The summed E-state index contributed by atoms with van der Waals surface area (Å²) in [5.74, 6) is -0.616. The van der Waals surface area contributed by atoms with Gasteiger partial charge in [0.15, 0.2) is 6.61 Å². The van der Waals surface area contributed by atoms with E-state index in [-0.39, 0.29) is 5.60 Å². The summed E-state index contributed by atoms with van der Waals surface area (Å²) >= 11 is 0. The van der Waals surface area contributed by atoms with Crippen LogP contribution in [-0.2, 0) is 14.6 Å². The molecule has 0 amide bonds. The highest BCUT2D eigenvalue weighted by Crippen LogP contribution is 2.32. The van der Waals surface area contributed by atoms with E-state index in [0.29, 0.717) is 0 Å². The third kappa shape index (κ3) is 2.19. The van der Waals surface area contributed by atoms with Gasteiger partial charge in [-0.1, -0.05) is 0 Å². The standard InChI is InChI=1S/C8H13O3/c1-8(4-2-3-5-8)11-7(10)6-9/h2-6H2,1H3. The Bertz CT molecular complexity index is 147. The van der Waals surface area contributed by atoms with Gasteiger partial charge in [-0.2, -0.15) is 0 Å². The first-order chi connectivity index (χ1) is 5.16. The summed E-state index contributed by atoms with van der Waals surface area (Å²) in [6, 6.07) is 0. The minimum absolute atomic E-state index is 0.332. The molecular formula is C8H13O3. The number of rotatable bonds is 2. The maximum absolute atomic E-state index is 10.6. The molecule has 0 aromatic rings. The molecule has 1 radical (unpaired) electrons. The second-order valence-corrected chi connectivity index (χ2v) is 3.28. The van der Waals surface area contributed by atoms with Crippen LogP contribution >= 0.6 is 0 Å². The third-order valence-electron chi connectivity index (χ3n) is 2.14. The van der Waals surface area contributed by atoms with Crippen LogP contribution in [0.15, 0.2) is 0 Å². The summed E-state index contributed by atoms with van der Waals surface area (Å²) in [7, 11) is 0. The normalized spacial score (nSPS) is 21.6. The molecule has 0 unspecified atom stereocenters. The minimum atomic E-state index is -0.754. The van der Waals surface area contributed by atoms with Crippen molar-refractivity contribution < 1.29 is 14.6 Å². The zero-order valence-corrected chi connectivity index (χ0v) is 6.76. The lowest BCUT2D eigenvalue weighted by Gasteiger charge is -2.22. The van der Waals surface area contributed by atoms with Crippen molar-refractivity contribution in [3.05, 3.63) is 0 Å². The van der Waals surface area contributed by atoms with E-state index in [1.807, 2.05) is 6.92 Å². The average Bonchev–Trinajstić information content (AvgIpc) is 2.36. The van der Waals surface area contributed by atoms with Crippen LogP contribution in [0.4, 0.5) is 0 Å². The van der Waals surface area contributed by atoms with Gasteiger partial charge < -0.3 is 4.74 Å². The molecule has 1 fully saturated rings. The van der Waals surface area contributed by atoms with E-state index in [0.717, 1.165) is 25.7 Å². The van der Waals surface area contributed by atoms with Gasteiger partial charge in [0.25, 0.3) is 0 Å². The van der Waals surface area contributed by atoms with E-state index < -0.39 is 12.6 Å². The fourth-order valence-electron chi connectivity index (χ4n) is 1.53. The molecule has 0 saturated heterocycles. The van der Waals surface area contributed by atoms with E-state index in [9.17, 15) is 9.90 Å². The van der Waals surface area contributed by atoms with Crippen LogP contribution in [0, 0.1) is 0 Å². The Morgan fingerprint density at radius 3 is 2.45 bits per heavy atom. The molecule has 3 heteroatoms. The summed E-state index contributed by atoms with van der Waals surface area (Å²) in [5, 5.41) is 10.1. The summed E-state index contributed by atoms with van der Waals surface area (Å²) in [4.78, 5) is 10.6. The topological polar surface area (TPSA) is 46.2 Å². The monoisotopic (exact) mass is 157 g/mol. The van der Waals surface area contributed by atoms with E-state index in [1.54, 1.807) is 0 Å². The molecule has 0 aromatic heterocycles. The number of hydrogen-bond donors (Lipinski definition) is 0. The molecule has 63 valence electrons. The van der Waals surface area contributed by atoms with Crippen LogP contribution in [0.25, 0.3) is 0 Å². The molecule has 0 atom stereocenters. The molecule has 0 aromatic carbocycles. The Morgan fingerprint density at radius 2 is 2.00 bits per heavy atom. The molecule has 0 heterocycles. The van der Waals surface area contributed by atoms with Gasteiger partial charge in [-0.25, -0.2) is 9.90 Å². The van der Waals surface area contributed by atoms with Gasteiger partial charge >= 0.3 is 5.97 Å². The highest BCUT2D eigenvalue weighted by molar-refractivity contribution is 5.70. The molecule has 1 aliphatic rings. The second kappa shape index (κ2) is 3.22. The van der Waals surface area contributed by atoms with Gasteiger partial charge in [0.1, 0.15) is 5.60 Å². The van der Waals surface area contributed by atoms with Gasteiger partial charge in [0.2, 0.25) is 0 Å². The van der Waals surface area contributed by atoms with Crippen molar-refractivity contribution in [3.63, 3.8) is 0 Å². The van der Waals surface area contributed by atoms with Crippen LogP contribution in [0.1, 0.15) is 32.6 Å². The van der Waals surface area contributed by atoms with Crippen LogP contribution < -0.4 is 0 Å². The van der Waals surface area contributed by atoms with Crippen LogP contribution in [-0.4, -0.2) is 18.2 Å². The Kier molecular flexibility index (Phi) is 2.49. The Hall–Kier alpha value is -0.570. The number of ether oxygens (including phenoxy) is 1. The van der Waals surface area contributed by atoms with Crippen LogP contribution in [0.2, 0.25) is 0 Å². The second-order valence-electron chi connectivity index (χ2n) is 3.28. The predicted octanol–water partition coefficient (Wildman–Crippen LogP) is 1.29. The molecule has 1 rings (SSSR count). The van der Waals surface area contributed by atoms with Crippen molar-refractivity contribution in [3.8, 4) is 0 Å². The first-order valence-electron chi connectivity index (χ1n) is 3.96. The highest BCUT2D eigenvalue weighted by Gasteiger charge is 2.32. The SMILES string of the molecule is CC1(OC(=O)C[O])CCCC1. The van der Waals surface area contributed by atoms with E-state index in [1.165, 1.54) is 0 Å². The smallest absolute Gasteiger partial charge is 0.336 e. The van der Waals surface area contributed by atoms with Gasteiger partial charge in [-0.15, -0.1) is 0 Å². The minimum Gasteiger partial charge on any atom is -0.458 e. The number of carbonyl (C=O) groups excluding carboxylic acids is 1. The maximum Gasteiger partial charge on any atom is 0.336 e.